The molecule has 0 saturated carbocycles. The maximum Gasteiger partial charge on any atom is 0.220 e. The van der Waals surface area contributed by atoms with E-state index in [0.29, 0.717) is 6.42 Å². The molecule has 1 aliphatic rings. The van der Waals surface area contributed by atoms with E-state index in [9.17, 15) is 35.4 Å². The molecule has 10 nitrogen and oxygen atoms in total. The molecule has 1 heterocycles. The van der Waals surface area contributed by atoms with Gasteiger partial charge < -0.3 is 45.4 Å². The van der Waals surface area contributed by atoms with Gasteiger partial charge in [-0.2, -0.15) is 0 Å². The van der Waals surface area contributed by atoms with Crippen molar-refractivity contribution < 1.29 is 44.9 Å². The number of amides is 1. The van der Waals surface area contributed by atoms with Gasteiger partial charge in [0, 0.05) is 6.42 Å². The molecule has 7 N–H and O–H groups in total. The van der Waals surface area contributed by atoms with Crippen molar-refractivity contribution in [2.75, 3.05) is 13.2 Å². The van der Waals surface area contributed by atoms with Gasteiger partial charge >= 0.3 is 0 Å². The van der Waals surface area contributed by atoms with Gasteiger partial charge in [0.1, 0.15) is 30.5 Å². The number of aliphatic hydroxyl groups excluding tert-OH is 6. The topological polar surface area (TPSA) is 169 Å². The standard InChI is InChI=1S/C44H87NO9/c1-3-5-7-9-11-13-15-16-17-18-19-20-21-23-25-27-29-31-33-39(48)45-36(35-53-44-43(52)42(51)41(50)38(34-46)54-44)40(49)37(47)32-30-28-26-24-22-14-12-10-8-6-4-2/h36-38,40-44,46-47,49-52H,3-35H2,1-2H3,(H,45,48)/t36-,37+,38+,40-,41+,42?,43?,44+/m0/s1. The molecule has 0 aromatic rings. The first-order chi connectivity index (χ1) is 26.3. The summed E-state index contributed by atoms with van der Waals surface area (Å²) in [6.07, 6.45) is 26.8. The second kappa shape index (κ2) is 35.3. The van der Waals surface area contributed by atoms with Gasteiger partial charge in [-0.25, -0.2) is 0 Å². The van der Waals surface area contributed by atoms with Crippen LogP contribution in [-0.2, 0) is 14.3 Å². The predicted molar refractivity (Wildman–Crippen MR) is 218 cm³/mol. The molecule has 10 heteroatoms. The molecule has 0 radical (unpaired) electrons. The van der Waals surface area contributed by atoms with Crippen LogP contribution >= 0.6 is 0 Å². The van der Waals surface area contributed by atoms with E-state index in [-0.39, 0.29) is 18.9 Å². The average molecular weight is 774 g/mol. The monoisotopic (exact) mass is 774 g/mol. The lowest BCUT2D eigenvalue weighted by molar-refractivity contribution is -0.303. The fourth-order valence-electron chi connectivity index (χ4n) is 7.55. The molecule has 0 aromatic heterocycles. The lowest BCUT2D eigenvalue weighted by atomic mass is 9.98. The summed E-state index contributed by atoms with van der Waals surface area (Å²) in [7, 11) is 0. The minimum Gasteiger partial charge on any atom is -0.394 e. The third-order valence-electron chi connectivity index (χ3n) is 11.3. The zero-order chi connectivity index (χ0) is 39.7. The average Bonchev–Trinajstić information content (AvgIpc) is 3.17. The van der Waals surface area contributed by atoms with E-state index in [4.69, 9.17) is 9.47 Å². The van der Waals surface area contributed by atoms with Crippen LogP contribution in [0.3, 0.4) is 0 Å². The molecule has 1 saturated heterocycles. The molecule has 2 unspecified atom stereocenters. The Balaban J connectivity index is 2.36. The van der Waals surface area contributed by atoms with Crippen LogP contribution in [0.15, 0.2) is 0 Å². The highest BCUT2D eigenvalue weighted by Gasteiger charge is 2.44. The van der Waals surface area contributed by atoms with E-state index in [1.807, 2.05) is 0 Å². The van der Waals surface area contributed by atoms with Crippen LogP contribution in [0.25, 0.3) is 0 Å². The number of unbranched alkanes of at least 4 members (excludes halogenated alkanes) is 27. The van der Waals surface area contributed by atoms with Gasteiger partial charge in [-0.1, -0.05) is 194 Å². The van der Waals surface area contributed by atoms with Crippen LogP contribution in [0.4, 0.5) is 0 Å². The molecular formula is C44H87NO9. The lowest BCUT2D eigenvalue weighted by Crippen LogP contribution is -2.60. The van der Waals surface area contributed by atoms with Crippen LogP contribution in [0.2, 0.25) is 0 Å². The van der Waals surface area contributed by atoms with E-state index < -0.39 is 55.6 Å². The van der Waals surface area contributed by atoms with Crippen molar-refractivity contribution in [3.8, 4) is 0 Å². The number of nitrogens with one attached hydrogen (secondary N) is 1. The first kappa shape index (κ1) is 51.2. The number of aliphatic hydroxyl groups is 6. The van der Waals surface area contributed by atoms with Gasteiger partial charge in [-0.3, -0.25) is 4.79 Å². The number of ether oxygens (including phenoxy) is 2. The normalized spacial score (nSPS) is 22.0. The number of hydrogen-bond acceptors (Lipinski definition) is 9. The van der Waals surface area contributed by atoms with Gasteiger partial charge in [-0.15, -0.1) is 0 Å². The van der Waals surface area contributed by atoms with Crippen molar-refractivity contribution in [3.05, 3.63) is 0 Å². The van der Waals surface area contributed by atoms with Crippen LogP contribution in [0, 0.1) is 0 Å². The third-order valence-corrected chi connectivity index (χ3v) is 11.3. The molecule has 0 aliphatic carbocycles. The fourth-order valence-corrected chi connectivity index (χ4v) is 7.55. The highest BCUT2D eigenvalue weighted by atomic mass is 16.7. The Morgan fingerprint density at radius 3 is 1.37 bits per heavy atom. The molecule has 54 heavy (non-hydrogen) atoms. The van der Waals surface area contributed by atoms with E-state index in [2.05, 4.69) is 19.2 Å². The summed E-state index contributed by atoms with van der Waals surface area (Å²) in [4.78, 5) is 13.0. The van der Waals surface area contributed by atoms with Gasteiger partial charge in [-0.05, 0) is 12.8 Å². The van der Waals surface area contributed by atoms with Gasteiger partial charge in [0.2, 0.25) is 5.91 Å². The number of carbonyl (C=O) groups is 1. The first-order valence-corrected chi connectivity index (χ1v) is 22.8. The summed E-state index contributed by atoms with van der Waals surface area (Å²) in [5.41, 5.74) is 0. The zero-order valence-corrected chi connectivity index (χ0v) is 34.9. The summed E-state index contributed by atoms with van der Waals surface area (Å²) in [5, 5.41) is 65.0. The van der Waals surface area contributed by atoms with Gasteiger partial charge in [0.15, 0.2) is 6.29 Å². The molecule has 0 bridgehead atoms. The van der Waals surface area contributed by atoms with Crippen molar-refractivity contribution in [2.24, 2.45) is 0 Å². The first-order valence-electron chi connectivity index (χ1n) is 22.8. The molecule has 1 fully saturated rings. The maximum absolute atomic E-state index is 13.0. The maximum atomic E-state index is 13.0. The summed E-state index contributed by atoms with van der Waals surface area (Å²) in [6.45, 7) is 3.60. The van der Waals surface area contributed by atoms with Crippen molar-refractivity contribution in [3.63, 3.8) is 0 Å². The Bertz CT molecular complexity index is 834. The molecular weight excluding hydrogens is 686 g/mol. The molecule has 8 atom stereocenters. The van der Waals surface area contributed by atoms with Crippen molar-refractivity contribution in [2.45, 2.75) is 262 Å². The Labute approximate surface area is 330 Å². The minimum absolute atomic E-state index is 0.255. The molecule has 0 spiro atoms. The quantitative estimate of drug-likeness (QED) is 0.0306. The van der Waals surface area contributed by atoms with Gasteiger partial charge in [0.05, 0.1) is 25.4 Å². The zero-order valence-electron chi connectivity index (χ0n) is 34.9. The highest BCUT2D eigenvalue weighted by molar-refractivity contribution is 5.76. The molecule has 1 rings (SSSR count). The van der Waals surface area contributed by atoms with Crippen LogP contribution in [0.1, 0.15) is 213 Å². The summed E-state index contributed by atoms with van der Waals surface area (Å²) >= 11 is 0. The van der Waals surface area contributed by atoms with Crippen LogP contribution < -0.4 is 5.32 Å². The Morgan fingerprint density at radius 2 is 0.963 bits per heavy atom. The lowest BCUT2D eigenvalue weighted by Gasteiger charge is -2.40. The number of hydrogen-bond donors (Lipinski definition) is 7. The smallest absolute Gasteiger partial charge is 0.220 e. The molecule has 1 aliphatic heterocycles. The summed E-state index contributed by atoms with van der Waals surface area (Å²) < 4.78 is 11.1. The largest absolute Gasteiger partial charge is 0.394 e. The SMILES string of the molecule is CCCCCCCCCCCCCCCCCCCCC(=O)N[C@@H](CO[C@@H]1O[C@H](CO)[C@@H](O)C(O)C1O)[C@H](O)[C@H](O)CCCCCCCCCCCCC. The molecule has 0 aromatic carbocycles. The predicted octanol–water partition coefficient (Wildman–Crippen LogP) is 8.14. The van der Waals surface area contributed by atoms with Crippen molar-refractivity contribution >= 4 is 5.91 Å². The van der Waals surface area contributed by atoms with Crippen molar-refractivity contribution in [1.82, 2.24) is 5.32 Å². The van der Waals surface area contributed by atoms with Gasteiger partial charge in [0.25, 0.3) is 0 Å². The summed E-state index contributed by atoms with van der Waals surface area (Å²) in [5.74, 6) is -0.255. The summed E-state index contributed by atoms with van der Waals surface area (Å²) in [6, 6.07) is -0.983. The number of carbonyl (C=O) groups excluding carboxylic acids is 1. The Kier molecular flexibility index (Phi) is 33.5. The molecule has 322 valence electrons. The van der Waals surface area contributed by atoms with Crippen molar-refractivity contribution in [1.29, 1.82) is 0 Å². The second-order valence-corrected chi connectivity index (χ2v) is 16.3. The third kappa shape index (κ3) is 25.4. The van der Waals surface area contributed by atoms with E-state index in [1.165, 1.54) is 141 Å². The second-order valence-electron chi connectivity index (χ2n) is 16.3. The van der Waals surface area contributed by atoms with Crippen LogP contribution in [0.5, 0.6) is 0 Å². The van der Waals surface area contributed by atoms with Crippen LogP contribution in [-0.4, -0.2) is 98.7 Å². The van der Waals surface area contributed by atoms with E-state index in [0.717, 1.165) is 44.9 Å². The Morgan fingerprint density at radius 1 is 0.574 bits per heavy atom. The fraction of sp³-hybridized carbons (Fsp3) is 0.977. The number of rotatable bonds is 38. The minimum atomic E-state index is -1.60. The molecule has 1 amide bonds. The van der Waals surface area contributed by atoms with E-state index in [1.54, 1.807) is 0 Å². The van der Waals surface area contributed by atoms with E-state index >= 15 is 0 Å². The Hall–Kier alpha value is -0.850. The highest BCUT2D eigenvalue weighted by Crippen LogP contribution is 2.23.